The van der Waals surface area contributed by atoms with Crippen LogP contribution >= 0.6 is 0 Å². The summed E-state index contributed by atoms with van der Waals surface area (Å²) in [6, 6.07) is 10.2. The highest BCUT2D eigenvalue weighted by atomic mass is 16.7. The Hall–Kier alpha value is -3.50. The molecule has 206 valence electrons. The Kier molecular flexibility index (Phi) is 8.96. The number of fused-ring (bicyclic) bond motifs is 1. The number of methoxy groups -OCH3 is 2. The SMILES string of the molecule is CCCCN(C)C(=O)CN1C[C@H](c2ccc3c(c2)OCO3)[C@H](C(=O)O)[C@H]1c1ccc(OC)cc1OCOC. The molecule has 10 nitrogen and oxygen atoms in total. The summed E-state index contributed by atoms with van der Waals surface area (Å²) in [5.41, 5.74) is 1.47. The molecule has 2 aliphatic rings. The summed E-state index contributed by atoms with van der Waals surface area (Å²) in [7, 11) is 4.85. The summed E-state index contributed by atoms with van der Waals surface area (Å²) < 4.78 is 27.4. The Morgan fingerprint density at radius 2 is 1.92 bits per heavy atom. The first-order valence-electron chi connectivity index (χ1n) is 12.8. The third-order valence-electron chi connectivity index (χ3n) is 7.19. The van der Waals surface area contributed by atoms with Gasteiger partial charge in [0.2, 0.25) is 12.7 Å². The summed E-state index contributed by atoms with van der Waals surface area (Å²) in [5, 5.41) is 10.5. The number of carbonyl (C=O) groups excluding carboxylic acids is 1. The van der Waals surface area contributed by atoms with Gasteiger partial charge in [0.25, 0.3) is 0 Å². The number of hydrogen-bond acceptors (Lipinski definition) is 8. The molecule has 0 aliphatic carbocycles. The molecular weight excluding hydrogens is 492 g/mol. The minimum absolute atomic E-state index is 0.0189. The van der Waals surface area contributed by atoms with Crippen LogP contribution in [0.15, 0.2) is 36.4 Å². The average molecular weight is 529 g/mol. The number of aliphatic carboxylic acids is 1. The number of amides is 1. The third-order valence-corrected chi connectivity index (χ3v) is 7.19. The zero-order chi connectivity index (χ0) is 27.2. The van der Waals surface area contributed by atoms with E-state index >= 15 is 0 Å². The zero-order valence-corrected chi connectivity index (χ0v) is 22.3. The van der Waals surface area contributed by atoms with Crippen molar-refractivity contribution in [1.29, 1.82) is 0 Å². The zero-order valence-electron chi connectivity index (χ0n) is 22.3. The van der Waals surface area contributed by atoms with E-state index in [2.05, 4.69) is 6.92 Å². The van der Waals surface area contributed by atoms with Crippen LogP contribution in [0.4, 0.5) is 0 Å². The third kappa shape index (κ3) is 5.81. The van der Waals surface area contributed by atoms with Crippen LogP contribution in [0.5, 0.6) is 23.0 Å². The summed E-state index contributed by atoms with van der Waals surface area (Å²) in [5.74, 6) is -0.0481. The smallest absolute Gasteiger partial charge is 0.309 e. The number of hydrogen-bond donors (Lipinski definition) is 1. The quantitative estimate of drug-likeness (QED) is 0.414. The lowest BCUT2D eigenvalue weighted by Crippen LogP contribution is -2.39. The maximum atomic E-state index is 13.2. The Morgan fingerprint density at radius 3 is 2.63 bits per heavy atom. The van der Waals surface area contributed by atoms with Crippen molar-refractivity contribution in [2.24, 2.45) is 5.92 Å². The van der Waals surface area contributed by atoms with E-state index < -0.39 is 23.8 Å². The van der Waals surface area contributed by atoms with Crippen LogP contribution in [-0.4, -0.2) is 81.3 Å². The molecule has 0 aromatic heterocycles. The molecule has 38 heavy (non-hydrogen) atoms. The van der Waals surface area contributed by atoms with Crippen molar-refractivity contribution in [3.8, 4) is 23.0 Å². The molecule has 0 saturated carbocycles. The lowest BCUT2D eigenvalue weighted by molar-refractivity contribution is -0.143. The minimum Gasteiger partial charge on any atom is -0.497 e. The van der Waals surface area contributed by atoms with Gasteiger partial charge in [0.05, 0.1) is 25.6 Å². The van der Waals surface area contributed by atoms with Crippen molar-refractivity contribution >= 4 is 11.9 Å². The topological polar surface area (TPSA) is 107 Å². The van der Waals surface area contributed by atoms with E-state index in [9.17, 15) is 14.7 Å². The number of carboxylic acid groups (broad SMARTS) is 1. The fourth-order valence-electron chi connectivity index (χ4n) is 5.19. The van der Waals surface area contributed by atoms with Crippen molar-refractivity contribution in [3.63, 3.8) is 0 Å². The second-order valence-electron chi connectivity index (χ2n) is 9.58. The molecule has 1 saturated heterocycles. The molecule has 1 fully saturated rings. The predicted octanol–water partition coefficient (Wildman–Crippen LogP) is 3.51. The first-order valence-corrected chi connectivity index (χ1v) is 12.8. The lowest BCUT2D eigenvalue weighted by Gasteiger charge is -2.30. The Morgan fingerprint density at radius 1 is 1.13 bits per heavy atom. The van der Waals surface area contributed by atoms with Crippen LogP contribution in [0.3, 0.4) is 0 Å². The maximum Gasteiger partial charge on any atom is 0.309 e. The average Bonchev–Trinajstić information content (AvgIpc) is 3.54. The summed E-state index contributed by atoms with van der Waals surface area (Å²) in [6.45, 7) is 3.27. The molecule has 1 N–H and O–H groups in total. The van der Waals surface area contributed by atoms with E-state index in [1.807, 2.05) is 23.1 Å². The van der Waals surface area contributed by atoms with Crippen molar-refractivity contribution in [3.05, 3.63) is 47.5 Å². The monoisotopic (exact) mass is 528 g/mol. The Labute approximate surface area is 223 Å². The largest absolute Gasteiger partial charge is 0.497 e. The first kappa shape index (κ1) is 27.5. The number of likely N-dealkylation sites (N-methyl/N-ethyl adjacent to an activating group) is 1. The summed E-state index contributed by atoms with van der Waals surface area (Å²) >= 11 is 0. The van der Waals surface area contributed by atoms with Crippen LogP contribution in [0.2, 0.25) is 0 Å². The molecule has 4 rings (SSSR count). The van der Waals surface area contributed by atoms with E-state index in [0.717, 1.165) is 18.4 Å². The second kappa shape index (κ2) is 12.4. The van der Waals surface area contributed by atoms with Crippen molar-refractivity contribution < 1.29 is 38.4 Å². The highest BCUT2D eigenvalue weighted by molar-refractivity contribution is 5.79. The Bertz CT molecular complexity index is 1140. The van der Waals surface area contributed by atoms with E-state index in [-0.39, 0.29) is 26.0 Å². The molecule has 0 spiro atoms. The van der Waals surface area contributed by atoms with Crippen LogP contribution in [0, 0.1) is 5.92 Å². The number of nitrogens with zero attached hydrogens (tertiary/aromatic N) is 2. The first-order chi connectivity index (χ1) is 18.4. The van der Waals surface area contributed by atoms with Gasteiger partial charge in [-0.2, -0.15) is 0 Å². The van der Waals surface area contributed by atoms with E-state index in [4.69, 9.17) is 23.7 Å². The van der Waals surface area contributed by atoms with Gasteiger partial charge in [-0.1, -0.05) is 25.5 Å². The fourth-order valence-corrected chi connectivity index (χ4v) is 5.19. The van der Waals surface area contributed by atoms with Gasteiger partial charge in [-0.15, -0.1) is 0 Å². The predicted molar refractivity (Wildman–Crippen MR) is 139 cm³/mol. The van der Waals surface area contributed by atoms with Crippen molar-refractivity contribution in [2.45, 2.75) is 31.7 Å². The number of carbonyl (C=O) groups is 2. The molecule has 2 aromatic rings. The molecule has 10 heteroatoms. The second-order valence-corrected chi connectivity index (χ2v) is 9.58. The standard InChI is InChI=1S/C28H36N2O8/c1-5-6-11-29(2)25(31)15-30-14-21(18-7-10-22-24(12-18)38-17-37-22)26(28(32)33)27(30)20-9-8-19(35-4)13-23(20)36-16-34-3/h7-10,12-13,21,26-27H,5-6,11,14-17H2,1-4H3,(H,32,33)/t21-,26+,27-/m1/s1. The van der Waals surface area contributed by atoms with Crippen LogP contribution in [0.25, 0.3) is 0 Å². The van der Waals surface area contributed by atoms with E-state index in [1.165, 1.54) is 7.11 Å². The molecule has 3 atom stereocenters. The number of unbranched alkanes of at least 4 members (excludes halogenated alkanes) is 1. The number of rotatable bonds is 12. The molecule has 2 aromatic carbocycles. The minimum atomic E-state index is -0.958. The van der Waals surface area contributed by atoms with Crippen LogP contribution in [-0.2, 0) is 14.3 Å². The van der Waals surface area contributed by atoms with Crippen LogP contribution < -0.4 is 18.9 Å². The molecule has 0 bridgehead atoms. The summed E-state index contributed by atoms with van der Waals surface area (Å²) in [4.78, 5) is 29.8. The molecule has 0 radical (unpaired) electrons. The van der Waals surface area contributed by atoms with Gasteiger partial charge in [0, 0.05) is 44.8 Å². The molecule has 2 aliphatic heterocycles. The number of carboxylic acids is 1. The number of likely N-dealkylation sites (tertiary alicyclic amines) is 1. The molecule has 2 heterocycles. The van der Waals surface area contributed by atoms with Crippen LogP contribution in [0.1, 0.15) is 42.9 Å². The number of benzene rings is 2. The fraction of sp³-hybridized carbons (Fsp3) is 0.500. The lowest BCUT2D eigenvalue weighted by atomic mass is 9.82. The highest BCUT2D eigenvalue weighted by Crippen LogP contribution is 2.49. The van der Waals surface area contributed by atoms with Gasteiger partial charge in [0.1, 0.15) is 11.5 Å². The van der Waals surface area contributed by atoms with Gasteiger partial charge in [-0.25, -0.2) is 0 Å². The molecule has 0 unspecified atom stereocenters. The molecule has 1 amide bonds. The van der Waals surface area contributed by atoms with E-state index in [0.29, 0.717) is 41.7 Å². The Balaban J connectivity index is 1.76. The van der Waals surface area contributed by atoms with Crippen molar-refractivity contribution in [2.75, 3.05) is 54.5 Å². The van der Waals surface area contributed by atoms with Crippen molar-refractivity contribution in [1.82, 2.24) is 9.80 Å². The summed E-state index contributed by atoms with van der Waals surface area (Å²) in [6.07, 6.45) is 1.88. The van der Waals surface area contributed by atoms with Gasteiger partial charge in [0.15, 0.2) is 18.3 Å². The highest BCUT2D eigenvalue weighted by Gasteiger charge is 2.49. The molecular formula is C28H36N2O8. The van der Waals surface area contributed by atoms with Gasteiger partial charge >= 0.3 is 5.97 Å². The van der Waals surface area contributed by atoms with Gasteiger partial charge in [-0.05, 0) is 30.2 Å². The number of ether oxygens (including phenoxy) is 5. The van der Waals surface area contributed by atoms with Gasteiger partial charge in [-0.3, -0.25) is 14.5 Å². The normalized spacial score (nSPS) is 20.4. The van der Waals surface area contributed by atoms with E-state index in [1.54, 1.807) is 37.3 Å². The van der Waals surface area contributed by atoms with Gasteiger partial charge < -0.3 is 33.7 Å². The maximum absolute atomic E-state index is 13.2.